The maximum Gasteiger partial charge on any atom is 0.224 e. The highest BCUT2D eigenvalue weighted by Gasteiger charge is 2.16. The van der Waals surface area contributed by atoms with E-state index in [0.29, 0.717) is 22.2 Å². The summed E-state index contributed by atoms with van der Waals surface area (Å²) < 4.78 is 0. The van der Waals surface area contributed by atoms with E-state index in [1.807, 2.05) is 20.8 Å². The van der Waals surface area contributed by atoms with E-state index < -0.39 is 0 Å². The summed E-state index contributed by atoms with van der Waals surface area (Å²) in [6.07, 6.45) is 0.440. The van der Waals surface area contributed by atoms with Gasteiger partial charge in [0.2, 0.25) is 5.91 Å². The average Bonchev–Trinajstić information content (AvgIpc) is 2.08. The molecule has 0 aliphatic carbocycles. The first kappa shape index (κ1) is 13.3. The third kappa shape index (κ3) is 4.42. The fourth-order valence-electron chi connectivity index (χ4n) is 1.27. The molecule has 0 unspecified atom stereocenters. The Morgan fingerprint density at radius 2 is 1.94 bits per heavy atom. The Kier molecular flexibility index (Phi) is 4.22. The molecule has 1 amide bonds. The Hall–Kier alpha value is -0.730. The number of nitrogens with one attached hydrogen (secondary N) is 1. The highest BCUT2D eigenvalue weighted by molar-refractivity contribution is 6.35. The minimum absolute atomic E-state index is 0.0465. The first-order valence-corrected chi connectivity index (χ1v) is 5.78. The van der Waals surface area contributed by atoms with E-state index in [4.69, 9.17) is 23.2 Å². The van der Waals surface area contributed by atoms with Crippen LogP contribution in [0.3, 0.4) is 0 Å². The van der Waals surface area contributed by atoms with Gasteiger partial charge in [-0.15, -0.1) is 0 Å². The van der Waals surface area contributed by atoms with Gasteiger partial charge in [-0.1, -0.05) is 44.0 Å². The van der Waals surface area contributed by atoms with Gasteiger partial charge in [-0.3, -0.25) is 4.79 Å². The summed E-state index contributed by atoms with van der Waals surface area (Å²) in [6, 6.07) is 4.99. The standard InChI is InChI=1S/C12H15Cl2NO/c1-12(2,3)7-11(16)15-10-6-8(13)4-5-9(10)14/h4-6H,7H2,1-3H3,(H,15,16). The quantitative estimate of drug-likeness (QED) is 0.840. The van der Waals surface area contributed by atoms with Crippen molar-refractivity contribution in [2.45, 2.75) is 27.2 Å². The monoisotopic (exact) mass is 259 g/mol. The topological polar surface area (TPSA) is 29.1 Å². The van der Waals surface area contributed by atoms with E-state index in [2.05, 4.69) is 5.32 Å². The van der Waals surface area contributed by atoms with Crippen LogP contribution in [0.1, 0.15) is 27.2 Å². The predicted octanol–water partition coefficient (Wildman–Crippen LogP) is 4.37. The second-order valence-corrected chi connectivity index (χ2v) is 5.75. The van der Waals surface area contributed by atoms with Gasteiger partial charge in [0.15, 0.2) is 0 Å². The summed E-state index contributed by atoms with van der Waals surface area (Å²) in [5, 5.41) is 3.80. The molecule has 0 radical (unpaired) electrons. The Labute approximate surface area is 106 Å². The number of carbonyl (C=O) groups is 1. The molecule has 1 aromatic carbocycles. The zero-order valence-corrected chi connectivity index (χ0v) is 11.1. The lowest BCUT2D eigenvalue weighted by molar-refractivity contribution is -0.117. The van der Waals surface area contributed by atoms with Gasteiger partial charge in [0.25, 0.3) is 0 Å². The van der Waals surface area contributed by atoms with Gasteiger partial charge in [-0.25, -0.2) is 0 Å². The molecule has 88 valence electrons. The number of hydrogen-bond acceptors (Lipinski definition) is 1. The minimum atomic E-state index is -0.0586. The van der Waals surface area contributed by atoms with Crippen molar-refractivity contribution < 1.29 is 4.79 Å². The van der Waals surface area contributed by atoms with E-state index in [1.54, 1.807) is 18.2 Å². The molecule has 0 aliphatic heterocycles. The maximum absolute atomic E-state index is 11.7. The fraction of sp³-hybridized carbons (Fsp3) is 0.417. The minimum Gasteiger partial charge on any atom is -0.325 e. The van der Waals surface area contributed by atoms with Crippen molar-refractivity contribution in [2.75, 3.05) is 5.32 Å². The Morgan fingerprint density at radius 3 is 2.50 bits per heavy atom. The third-order valence-corrected chi connectivity index (χ3v) is 2.46. The van der Waals surface area contributed by atoms with Crippen LogP contribution in [-0.2, 0) is 4.79 Å². The summed E-state index contributed by atoms with van der Waals surface area (Å²) in [7, 11) is 0. The molecular weight excluding hydrogens is 245 g/mol. The Balaban J connectivity index is 2.73. The van der Waals surface area contributed by atoms with E-state index in [0.717, 1.165) is 0 Å². The van der Waals surface area contributed by atoms with Crippen LogP contribution in [0.4, 0.5) is 5.69 Å². The number of anilines is 1. The van der Waals surface area contributed by atoms with Crippen molar-refractivity contribution in [3.63, 3.8) is 0 Å². The van der Waals surface area contributed by atoms with E-state index in [-0.39, 0.29) is 11.3 Å². The van der Waals surface area contributed by atoms with E-state index in [1.165, 1.54) is 0 Å². The van der Waals surface area contributed by atoms with Crippen molar-refractivity contribution >= 4 is 34.8 Å². The second kappa shape index (κ2) is 5.07. The van der Waals surface area contributed by atoms with Crippen LogP contribution in [-0.4, -0.2) is 5.91 Å². The summed E-state index contributed by atoms with van der Waals surface area (Å²) in [4.78, 5) is 11.7. The molecule has 1 N–H and O–H groups in total. The normalized spacial score (nSPS) is 11.3. The summed E-state index contributed by atoms with van der Waals surface area (Å²) in [6.45, 7) is 6.02. The molecule has 1 aromatic rings. The zero-order valence-electron chi connectivity index (χ0n) is 9.60. The van der Waals surface area contributed by atoms with Gasteiger partial charge in [0.1, 0.15) is 0 Å². The van der Waals surface area contributed by atoms with Crippen LogP contribution < -0.4 is 5.32 Å². The van der Waals surface area contributed by atoms with Crippen LogP contribution in [0.2, 0.25) is 10.0 Å². The summed E-state index contributed by atoms with van der Waals surface area (Å²) in [5.74, 6) is -0.0586. The molecule has 4 heteroatoms. The third-order valence-electron chi connectivity index (χ3n) is 1.89. The van der Waals surface area contributed by atoms with Crippen LogP contribution in [0.25, 0.3) is 0 Å². The molecule has 1 rings (SSSR count). The number of hydrogen-bond donors (Lipinski definition) is 1. The molecule has 0 saturated heterocycles. The lowest BCUT2D eigenvalue weighted by Gasteiger charge is -2.17. The van der Waals surface area contributed by atoms with E-state index >= 15 is 0 Å². The van der Waals surface area contributed by atoms with Crippen molar-refractivity contribution in [3.8, 4) is 0 Å². The molecule has 0 saturated carbocycles. The van der Waals surface area contributed by atoms with Crippen molar-refractivity contribution in [3.05, 3.63) is 28.2 Å². The van der Waals surface area contributed by atoms with Gasteiger partial charge in [-0.05, 0) is 23.6 Å². The predicted molar refractivity (Wildman–Crippen MR) is 69.2 cm³/mol. The molecule has 0 aliphatic rings. The molecule has 0 spiro atoms. The molecular formula is C12H15Cl2NO. The first-order chi connectivity index (χ1) is 7.28. The zero-order chi connectivity index (χ0) is 12.3. The number of amides is 1. The van der Waals surface area contributed by atoms with Crippen molar-refractivity contribution in [1.82, 2.24) is 0 Å². The SMILES string of the molecule is CC(C)(C)CC(=O)Nc1cc(Cl)ccc1Cl. The summed E-state index contributed by atoms with van der Waals surface area (Å²) in [5.41, 5.74) is 0.512. The number of benzene rings is 1. The lowest BCUT2D eigenvalue weighted by atomic mass is 9.92. The van der Waals surface area contributed by atoms with Gasteiger partial charge in [-0.2, -0.15) is 0 Å². The second-order valence-electron chi connectivity index (χ2n) is 4.91. The molecule has 0 aromatic heterocycles. The van der Waals surface area contributed by atoms with Gasteiger partial charge in [0.05, 0.1) is 10.7 Å². The molecule has 16 heavy (non-hydrogen) atoms. The van der Waals surface area contributed by atoms with Gasteiger partial charge < -0.3 is 5.32 Å². The molecule has 0 fully saturated rings. The largest absolute Gasteiger partial charge is 0.325 e. The fourth-order valence-corrected chi connectivity index (χ4v) is 1.61. The Bertz CT molecular complexity index is 396. The highest BCUT2D eigenvalue weighted by atomic mass is 35.5. The lowest BCUT2D eigenvalue weighted by Crippen LogP contribution is -2.19. The number of rotatable bonds is 2. The maximum atomic E-state index is 11.7. The van der Waals surface area contributed by atoms with Crippen LogP contribution in [0, 0.1) is 5.41 Å². The van der Waals surface area contributed by atoms with Crippen LogP contribution in [0.15, 0.2) is 18.2 Å². The Morgan fingerprint density at radius 1 is 1.31 bits per heavy atom. The molecule has 0 atom stereocenters. The first-order valence-electron chi connectivity index (χ1n) is 5.03. The van der Waals surface area contributed by atoms with E-state index in [9.17, 15) is 4.79 Å². The van der Waals surface area contributed by atoms with Gasteiger partial charge >= 0.3 is 0 Å². The van der Waals surface area contributed by atoms with Crippen molar-refractivity contribution in [2.24, 2.45) is 5.41 Å². The van der Waals surface area contributed by atoms with Crippen LogP contribution >= 0.6 is 23.2 Å². The molecule has 2 nitrogen and oxygen atoms in total. The number of halogens is 2. The van der Waals surface area contributed by atoms with Crippen molar-refractivity contribution in [1.29, 1.82) is 0 Å². The molecule has 0 bridgehead atoms. The smallest absolute Gasteiger partial charge is 0.224 e. The van der Waals surface area contributed by atoms with Crippen LogP contribution in [0.5, 0.6) is 0 Å². The highest BCUT2D eigenvalue weighted by Crippen LogP contribution is 2.26. The molecule has 0 heterocycles. The average molecular weight is 260 g/mol. The summed E-state index contributed by atoms with van der Waals surface area (Å²) >= 11 is 11.8. The number of carbonyl (C=O) groups excluding carboxylic acids is 1. The van der Waals surface area contributed by atoms with Gasteiger partial charge in [0, 0.05) is 11.4 Å².